The molecule has 0 unspecified atom stereocenters. The fourth-order valence-electron chi connectivity index (χ4n) is 0. The zero-order valence-electron chi connectivity index (χ0n) is 3.06. The fourth-order valence-corrected chi connectivity index (χ4v) is 0. The second-order valence-electron chi connectivity index (χ2n) is 0.129. The van der Waals surface area contributed by atoms with Crippen LogP contribution in [-0.4, -0.2) is 69.6 Å². The first kappa shape index (κ1) is 16.0. The van der Waals surface area contributed by atoms with E-state index in [2.05, 4.69) is 0 Å². The van der Waals surface area contributed by atoms with Gasteiger partial charge in [-0.3, -0.25) is 5.02 Å². The molecule has 3 N–H and O–H groups in total. The van der Waals surface area contributed by atoms with Crippen molar-refractivity contribution in [3.8, 4) is 0 Å². The predicted molar refractivity (Wildman–Crippen MR) is 19.4 cm³/mol. The van der Waals surface area contributed by atoms with Crippen LogP contribution in [0.2, 0.25) is 0 Å². The van der Waals surface area contributed by atoms with E-state index < -0.39 is 7.69 Å². The Labute approximate surface area is 73.4 Å². The minimum atomic E-state index is -1.00. The van der Waals surface area contributed by atoms with E-state index in [-0.39, 0.29) is 56.9 Å². The van der Waals surface area contributed by atoms with E-state index in [9.17, 15) is 0 Å². The maximum atomic E-state index is 8.49. The molecule has 0 atom stereocenters. The van der Waals surface area contributed by atoms with Crippen LogP contribution in [0, 0.1) is 0 Å². The van der Waals surface area contributed by atoms with Crippen molar-refractivity contribution in [1.82, 2.24) is 0 Å². The third-order valence-corrected chi connectivity index (χ3v) is 0. The molecule has 0 amide bonds. The van der Waals surface area contributed by atoms with E-state index in [4.69, 9.17) is 10.0 Å². The molecule has 3 nitrogen and oxygen atoms in total. The van der Waals surface area contributed by atoms with E-state index >= 15 is 0 Å². The van der Waals surface area contributed by atoms with Crippen LogP contribution < -0.4 is 0 Å². The molecule has 0 aliphatic heterocycles. The Kier molecular flexibility index (Phi) is 56.2. The molecule has 0 aliphatic rings. The smallest absolute Gasteiger partial charge is 0.428 e. The topological polar surface area (TPSA) is 71.6 Å². The van der Waals surface area contributed by atoms with E-state index in [1.807, 2.05) is 0 Å². The first-order chi connectivity index (χ1) is 1.41. The Morgan fingerprint density at radius 2 is 1.60 bits per heavy atom. The molecule has 0 bridgehead atoms. The van der Waals surface area contributed by atoms with Gasteiger partial charge < -0.3 is 10.5 Å². The molecule has 0 saturated carbocycles. The summed E-state index contributed by atoms with van der Waals surface area (Å²) in [4.78, 5) is 0. The first-order valence-corrected chi connectivity index (χ1v) is 0.605. The van der Waals surface area contributed by atoms with Gasteiger partial charge in [0.1, 0.15) is 0 Å². The van der Waals surface area contributed by atoms with Crippen LogP contribution in [0.15, 0.2) is 0 Å². The van der Waals surface area contributed by atoms with Crippen LogP contribution in [0.1, 0.15) is 0 Å². The summed E-state index contributed by atoms with van der Waals surface area (Å²) in [6.07, 6.45) is 0. The third-order valence-electron chi connectivity index (χ3n) is 0. The summed E-state index contributed by atoms with van der Waals surface area (Å²) >= 11 is 0. The second kappa shape index (κ2) is 17.6. The molecule has 5 heavy (non-hydrogen) atoms. The summed E-state index contributed by atoms with van der Waals surface area (Å²) in [5, 5.41) is 15.5. The number of rotatable bonds is 0. The molecule has 0 aromatic rings. The first-order valence-electron chi connectivity index (χ1n) is 0.605. The quantitative estimate of drug-likeness (QED) is 0.336. The van der Waals surface area contributed by atoms with Gasteiger partial charge in [-0.1, -0.05) is 0 Å². The average molecular weight is 102 g/mol. The zero-order valence-corrected chi connectivity index (χ0v) is 6.19. The molecular formula is H4BKO3. The molecule has 5 heteroatoms. The Hall–Kier alpha value is 1.58. The number of hydrogen-bond acceptors (Lipinski definition) is 1. The largest absolute Gasteiger partial charge is 0.468 e. The van der Waals surface area contributed by atoms with Crippen molar-refractivity contribution in [3.05, 3.63) is 0 Å². The molecule has 26 valence electrons. The fraction of sp³-hybridized carbons (Fsp3) is 0. The Morgan fingerprint density at radius 1 is 1.60 bits per heavy atom. The molecule has 0 spiro atoms. The van der Waals surface area contributed by atoms with Gasteiger partial charge in [-0.05, 0) is 0 Å². The average Bonchev–Trinajstić information content (AvgIpc) is 0.918. The van der Waals surface area contributed by atoms with Crippen LogP contribution in [0.3, 0.4) is 0 Å². The van der Waals surface area contributed by atoms with Gasteiger partial charge in [-0.25, -0.2) is 0 Å². The van der Waals surface area contributed by atoms with Gasteiger partial charge in [0, 0.05) is 51.4 Å². The molecule has 0 aliphatic carbocycles. The zero-order chi connectivity index (χ0) is 2.71. The van der Waals surface area contributed by atoms with Gasteiger partial charge in [0.2, 0.25) is 0 Å². The van der Waals surface area contributed by atoms with Gasteiger partial charge in [0.15, 0.2) is 0 Å². The van der Waals surface area contributed by atoms with Gasteiger partial charge in [-0.15, -0.1) is 0 Å². The van der Waals surface area contributed by atoms with Crippen molar-refractivity contribution in [2.24, 2.45) is 0 Å². The molecular weight excluding hydrogens is 97.9 g/mol. The Morgan fingerprint density at radius 3 is 1.60 bits per heavy atom. The van der Waals surface area contributed by atoms with Crippen LogP contribution in [-0.2, 0) is 5.02 Å². The van der Waals surface area contributed by atoms with Crippen molar-refractivity contribution in [1.29, 1.82) is 0 Å². The molecule has 0 aromatic carbocycles. The summed E-state index contributed by atoms with van der Waals surface area (Å²) in [6.45, 7) is 0. The molecule has 0 fully saturated rings. The minimum absolute atomic E-state index is 0. The van der Waals surface area contributed by atoms with Crippen molar-refractivity contribution in [2.45, 2.75) is 0 Å². The van der Waals surface area contributed by atoms with Crippen molar-refractivity contribution in [3.63, 3.8) is 0 Å². The van der Waals surface area contributed by atoms with Gasteiger partial charge in [-0.2, -0.15) is 0 Å². The molecule has 0 rings (SSSR count). The van der Waals surface area contributed by atoms with Crippen LogP contribution in [0.25, 0.3) is 0 Å². The second-order valence-corrected chi connectivity index (χ2v) is 0.129. The summed E-state index contributed by atoms with van der Waals surface area (Å²) in [5.41, 5.74) is 0. The molecule has 0 aromatic heterocycles. The van der Waals surface area contributed by atoms with Gasteiger partial charge in [0.05, 0.1) is 0 Å². The van der Waals surface area contributed by atoms with E-state index in [1.165, 1.54) is 0 Å². The van der Waals surface area contributed by atoms with Crippen LogP contribution in [0.4, 0.5) is 0 Å². The minimum Gasteiger partial charge on any atom is -0.428 e. The van der Waals surface area contributed by atoms with Crippen LogP contribution in [0.5, 0.6) is 0 Å². The summed E-state index contributed by atoms with van der Waals surface area (Å²) < 4.78 is 0. The third kappa shape index (κ3) is 28.6. The SMILES string of the molecule is O.[K].[O]BO. The standard InChI is InChI=1S/BH2O2.K.H2O/c2-1-3;;/h1-2H;;1H2. The maximum Gasteiger partial charge on any atom is 0.468 e. The van der Waals surface area contributed by atoms with Crippen molar-refractivity contribution >= 4 is 59.1 Å². The summed E-state index contributed by atoms with van der Waals surface area (Å²) in [6, 6.07) is 0. The van der Waals surface area contributed by atoms with Gasteiger partial charge >= 0.3 is 7.69 Å². The van der Waals surface area contributed by atoms with E-state index in [0.29, 0.717) is 0 Å². The van der Waals surface area contributed by atoms with Crippen molar-refractivity contribution < 1.29 is 15.5 Å². The van der Waals surface area contributed by atoms with E-state index in [1.54, 1.807) is 0 Å². The maximum absolute atomic E-state index is 8.49. The molecule has 0 saturated heterocycles. The molecule has 2 radical (unpaired) electrons. The predicted octanol–water partition coefficient (Wildman–Crippen LogP) is -2.53. The normalized spacial score (nSPS) is 2.80. The van der Waals surface area contributed by atoms with Crippen LogP contribution >= 0.6 is 0 Å². The van der Waals surface area contributed by atoms with Crippen molar-refractivity contribution in [2.75, 3.05) is 0 Å². The monoisotopic (exact) mass is 102 g/mol. The Balaban J connectivity index is -0.0000000200. The summed E-state index contributed by atoms with van der Waals surface area (Å²) in [5.74, 6) is 0. The number of hydrogen-bond donors (Lipinski definition) is 1. The van der Waals surface area contributed by atoms with Gasteiger partial charge in [0.25, 0.3) is 0 Å². The molecule has 0 heterocycles. The Bertz CT molecular complexity index is 6.85. The summed E-state index contributed by atoms with van der Waals surface area (Å²) in [7, 11) is -1.00. The van der Waals surface area contributed by atoms with E-state index in [0.717, 1.165) is 0 Å².